The van der Waals surface area contributed by atoms with Crippen LogP contribution in [0.3, 0.4) is 0 Å². The molecule has 1 aliphatic heterocycles. The summed E-state index contributed by atoms with van der Waals surface area (Å²) in [4.78, 5) is 0. The Labute approximate surface area is 61.1 Å². The first kappa shape index (κ1) is 7.51. The van der Waals surface area contributed by atoms with Crippen LogP contribution in [-0.4, -0.2) is 19.5 Å². The molecule has 0 atom stereocenters. The molecule has 0 saturated carbocycles. The fourth-order valence-corrected chi connectivity index (χ4v) is 0.782. The van der Waals surface area contributed by atoms with E-state index in [4.69, 9.17) is 9.47 Å². The van der Waals surface area contributed by atoms with Crippen LogP contribution >= 0.6 is 0 Å². The van der Waals surface area contributed by atoms with Gasteiger partial charge in [0.2, 0.25) is 0 Å². The van der Waals surface area contributed by atoms with Crippen molar-refractivity contribution in [3.63, 3.8) is 0 Å². The highest BCUT2D eigenvalue weighted by Crippen LogP contribution is 2.04. The average molecular weight is 140 g/mol. The van der Waals surface area contributed by atoms with Gasteiger partial charge in [-0.15, -0.1) is 6.58 Å². The van der Waals surface area contributed by atoms with Crippen LogP contribution < -0.4 is 0 Å². The predicted octanol–water partition coefficient (Wildman–Crippen LogP) is 1.49. The Morgan fingerprint density at radius 2 is 2.00 bits per heavy atom. The first-order valence-electron chi connectivity index (χ1n) is 3.42. The van der Waals surface area contributed by atoms with Crippen molar-refractivity contribution in [3.05, 3.63) is 24.8 Å². The van der Waals surface area contributed by atoms with Crippen LogP contribution in [0.4, 0.5) is 0 Å². The number of hydrogen-bond donors (Lipinski definition) is 0. The van der Waals surface area contributed by atoms with Crippen molar-refractivity contribution in [2.45, 2.75) is 12.7 Å². The Balaban J connectivity index is 2.26. The van der Waals surface area contributed by atoms with Gasteiger partial charge in [-0.3, -0.25) is 0 Å². The lowest BCUT2D eigenvalue weighted by Crippen LogP contribution is -2.14. The minimum absolute atomic E-state index is 0.0903. The zero-order valence-electron chi connectivity index (χ0n) is 5.95. The molecule has 0 N–H and O–H groups in total. The predicted molar refractivity (Wildman–Crippen MR) is 39.6 cm³/mol. The average Bonchev–Trinajstić information content (AvgIpc) is 2.17. The van der Waals surface area contributed by atoms with E-state index >= 15 is 0 Å². The van der Waals surface area contributed by atoms with E-state index in [-0.39, 0.29) is 6.29 Å². The van der Waals surface area contributed by atoms with E-state index in [9.17, 15) is 0 Å². The Morgan fingerprint density at radius 1 is 1.40 bits per heavy atom. The Morgan fingerprint density at radius 3 is 2.50 bits per heavy atom. The summed E-state index contributed by atoms with van der Waals surface area (Å²) in [5, 5.41) is 0. The molecular formula is C8H12O2. The van der Waals surface area contributed by atoms with Gasteiger partial charge < -0.3 is 9.47 Å². The summed E-state index contributed by atoms with van der Waals surface area (Å²) in [6.45, 7) is 4.91. The summed E-state index contributed by atoms with van der Waals surface area (Å²) < 4.78 is 10.5. The molecule has 0 fully saturated rings. The van der Waals surface area contributed by atoms with Gasteiger partial charge in [-0.25, -0.2) is 0 Å². The number of hydrogen-bond acceptors (Lipinski definition) is 2. The molecule has 0 aromatic carbocycles. The second-order valence-corrected chi connectivity index (χ2v) is 2.09. The number of rotatable bonds is 2. The summed E-state index contributed by atoms with van der Waals surface area (Å²) in [6, 6.07) is 0. The largest absolute Gasteiger partial charge is 0.348 e. The van der Waals surface area contributed by atoms with E-state index in [1.807, 2.05) is 12.2 Å². The van der Waals surface area contributed by atoms with Gasteiger partial charge in [0, 0.05) is 6.42 Å². The summed E-state index contributed by atoms with van der Waals surface area (Å²) in [7, 11) is 0. The third kappa shape index (κ3) is 2.33. The van der Waals surface area contributed by atoms with Crippen molar-refractivity contribution in [3.8, 4) is 0 Å². The standard InChI is InChI=1S/C8H12O2/c1-2-5-8-9-6-3-4-7-10-8/h2-4,8H,1,5-7H2. The maximum absolute atomic E-state index is 5.26. The van der Waals surface area contributed by atoms with Gasteiger partial charge in [-0.1, -0.05) is 18.2 Å². The van der Waals surface area contributed by atoms with Gasteiger partial charge in [0.25, 0.3) is 0 Å². The molecule has 0 unspecified atom stereocenters. The van der Waals surface area contributed by atoms with Crippen molar-refractivity contribution >= 4 is 0 Å². The molecule has 0 spiro atoms. The van der Waals surface area contributed by atoms with Crippen molar-refractivity contribution < 1.29 is 9.47 Å². The molecule has 2 nitrogen and oxygen atoms in total. The van der Waals surface area contributed by atoms with Crippen LogP contribution in [0.15, 0.2) is 24.8 Å². The fourth-order valence-electron chi connectivity index (χ4n) is 0.782. The van der Waals surface area contributed by atoms with Gasteiger partial charge in [-0.05, 0) is 0 Å². The fraction of sp³-hybridized carbons (Fsp3) is 0.500. The summed E-state index contributed by atoms with van der Waals surface area (Å²) in [6.07, 6.45) is 6.40. The van der Waals surface area contributed by atoms with E-state index in [2.05, 4.69) is 6.58 Å². The molecule has 10 heavy (non-hydrogen) atoms. The first-order valence-corrected chi connectivity index (χ1v) is 3.42. The highest BCUT2D eigenvalue weighted by atomic mass is 16.7. The third-order valence-corrected chi connectivity index (χ3v) is 1.28. The Kier molecular flexibility index (Phi) is 3.19. The van der Waals surface area contributed by atoms with Crippen LogP contribution in [0.1, 0.15) is 6.42 Å². The lowest BCUT2D eigenvalue weighted by molar-refractivity contribution is -0.118. The van der Waals surface area contributed by atoms with E-state index in [1.165, 1.54) is 0 Å². The summed E-state index contributed by atoms with van der Waals surface area (Å²) in [5.41, 5.74) is 0. The smallest absolute Gasteiger partial charge is 0.161 e. The molecular weight excluding hydrogens is 128 g/mol. The normalized spacial score (nSPS) is 20.4. The van der Waals surface area contributed by atoms with E-state index in [1.54, 1.807) is 6.08 Å². The third-order valence-electron chi connectivity index (χ3n) is 1.28. The molecule has 0 amide bonds. The quantitative estimate of drug-likeness (QED) is 0.541. The van der Waals surface area contributed by atoms with Crippen molar-refractivity contribution in [1.82, 2.24) is 0 Å². The topological polar surface area (TPSA) is 18.5 Å². The summed E-state index contributed by atoms with van der Waals surface area (Å²) >= 11 is 0. The van der Waals surface area contributed by atoms with Gasteiger partial charge in [0.05, 0.1) is 13.2 Å². The molecule has 2 heteroatoms. The van der Waals surface area contributed by atoms with Gasteiger partial charge in [-0.2, -0.15) is 0 Å². The zero-order valence-corrected chi connectivity index (χ0v) is 5.95. The molecule has 0 radical (unpaired) electrons. The van der Waals surface area contributed by atoms with Gasteiger partial charge in [0.15, 0.2) is 6.29 Å². The van der Waals surface area contributed by atoms with Crippen LogP contribution in [0.25, 0.3) is 0 Å². The zero-order chi connectivity index (χ0) is 7.23. The maximum atomic E-state index is 5.26. The van der Waals surface area contributed by atoms with Gasteiger partial charge in [0.1, 0.15) is 0 Å². The molecule has 0 aromatic heterocycles. The SMILES string of the molecule is C=CCC1OCC=CCO1. The molecule has 56 valence electrons. The second kappa shape index (κ2) is 4.25. The molecule has 1 heterocycles. The van der Waals surface area contributed by atoms with Gasteiger partial charge >= 0.3 is 0 Å². The second-order valence-electron chi connectivity index (χ2n) is 2.09. The summed E-state index contributed by atoms with van der Waals surface area (Å²) in [5.74, 6) is 0. The van der Waals surface area contributed by atoms with E-state index in [0.717, 1.165) is 6.42 Å². The molecule has 0 aliphatic carbocycles. The molecule has 1 aliphatic rings. The Bertz CT molecular complexity index is 119. The van der Waals surface area contributed by atoms with E-state index in [0.29, 0.717) is 13.2 Å². The number of ether oxygens (including phenoxy) is 2. The maximum Gasteiger partial charge on any atom is 0.161 e. The minimum Gasteiger partial charge on any atom is -0.348 e. The monoisotopic (exact) mass is 140 g/mol. The van der Waals surface area contributed by atoms with Crippen LogP contribution in [0.5, 0.6) is 0 Å². The van der Waals surface area contributed by atoms with Crippen LogP contribution in [0, 0.1) is 0 Å². The molecule has 0 bridgehead atoms. The molecule has 0 aromatic rings. The highest BCUT2D eigenvalue weighted by molar-refractivity contribution is 4.84. The van der Waals surface area contributed by atoms with Crippen LogP contribution in [0.2, 0.25) is 0 Å². The highest BCUT2D eigenvalue weighted by Gasteiger charge is 2.06. The van der Waals surface area contributed by atoms with Crippen molar-refractivity contribution in [2.24, 2.45) is 0 Å². The van der Waals surface area contributed by atoms with Crippen molar-refractivity contribution in [2.75, 3.05) is 13.2 Å². The van der Waals surface area contributed by atoms with Crippen LogP contribution in [-0.2, 0) is 9.47 Å². The Hall–Kier alpha value is -0.600. The lowest BCUT2D eigenvalue weighted by atomic mass is 10.4. The van der Waals surface area contributed by atoms with Crippen molar-refractivity contribution in [1.29, 1.82) is 0 Å². The lowest BCUT2D eigenvalue weighted by Gasteiger charge is -2.11. The minimum atomic E-state index is -0.0903. The molecule has 0 saturated heterocycles. The first-order chi connectivity index (χ1) is 4.93. The van der Waals surface area contributed by atoms with E-state index < -0.39 is 0 Å². The molecule has 1 rings (SSSR count).